The van der Waals surface area contributed by atoms with Crippen LogP contribution in [-0.4, -0.2) is 22.9 Å². The van der Waals surface area contributed by atoms with Crippen molar-refractivity contribution in [3.8, 4) is 5.69 Å². The summed E-state index contributed by atoms with van der Waals surface area (Å²) >= 11 is 0. The van der Waals surface area contributed by atoms with Gasteiger partial charge in [-0.25, -0.2) is 17.9 Å². The zero-order chi connectivity index (χ0) is 14.7. The number of rotatable bonds is 4. The summed E-state index contributed by atoms with van der Waals surface area (Å²) in [5.41, 5.74) is 0.279. The summed E-state index contributed by atoms with van der Waals surface area (Å²) in [5.74, 6) is -1.22. The zero-order valence-electron chi connectivity index (χ0n) is 10.5. The summed E-state index contributed by atoms with van der Waals surface area (Å²) in [6, 6.07) is 3.00. The van der Waals surface area contributed by atoms with Gasteiger partial charge >= 0.3 is 5.97 Å². The van der Waals surface area contributed by atoms with Crippen molar-refractivity contribution in [2.45, 2.75) is 12.8 Å². The van der Waals surface area contributed by atoms with Gasteiger partial charge in [0, 0.05) is 17.3 Å². The number of methoxy groups -OCH3 is 1. The Morgan fingerprint density at radius 3 is 2.80 bits per heavy atom. The molecule has 0 unspecified atom stereocenters. The fourth-order valence-electron chi connectivity index (χ4n) is 1.69. The monoisotopic (exact) mass is 284 g/mol. The zero-order valence-corrected chi connectivity index (χ0v) is 10.5. The molecule has 0 saturated heterocycles. The molecule has 0 aliphatic rings. The summed E-state index contributed by atoms with van der Waals surface area (Å²) < 4.78 is 44.2. The summed E-state index contributed by atoms with van der Waals surface area (Å²) in [7, 11) is 1.26. The van der Waals surface area contributed by atoms with Crippen LogP contribution in [0.5, 0.6) is 0 Å². The minimum absolute atomic E-state index is 0.00746. The van der Waals surface area contributed by atoms with Gasteiger partial charge in [0.05, 0.1) is 25.4 Å². The van der Waals surface area contributed by atoms with E-state index in [4.69, 9.17) is 0 Å². The molecule has 7 heteroatoms. The van der Waals surface area contributed by atoms with Crippen molar-refractivity contribution in [2.75, 3.05) is 7.11 Å². The predicted octanol–water partition coefficient (Wildman–Crippen LogP) is 2.66. The number of carbonyl (C=O) groups is 1. The van der Waals surface area contributed by atoms with Crippen LogP contribution in [0.1, 0.15) is 17.6 Å². The molecular weight excluding hydrogens is 273 g/mol. The first-order valence-corrected chi connectivity index (χ1v) is 5.69. The number of carbonyl (C=O) groups excluding carboxylic acids is 1. The molecule has 0 saturated carbocycles. The molecule has 0 radical (unpaired) electrons. The number of hydrogen-bond donors (Lipinski definition) is 0. The third kappa shape index (κ3) is 3.17. The lowest BCUT2D eigenvalue weighted by Gasteiger charge is -2.05. The standard InChI is InChI=1S/C13H11F3N2O2/c1-20-12(19)2-8-6-17-18(7-8)11-4-9(13(15)16)3-10(14)5-11/h3-7,13H,2H2,1H3. The van der Waals surface area contributed by atoms with Crippen LogP contribution in [0.15, 0.2) is 30.6 Å². The minimum atomic E-state index is -2.77. The van der Waals surface area contributed by atoms with Gasteiger partial charge in [0.25, 0.3) is 6.43 Å². The largest absolute Gasteiger partial charge is 0.469 e. The molecule has 2 aromatic rings. The van der Waals surface area contributed by atoms with Gasteiger partial charge in [-0.3, -0.25) is 4.79 Å². The van der Waals surface area contributed by atoms with Gasteiger partial charge in [-0.1, -0.05) is 0 Å². The second-order valence-corrected chi connectivity index (χ2v) is 4.09. The quantitative estimate of drug-likeness (QED) is 0.811. The summed E-state index contributed by atoms with van der Waals surface area (Å²) in [6.45, 7) is 0. The first-order chi connectivity index (χ1) is 9.49. The lowest BCUT2D eigenvalue weighted by atomic mass is 10.2. The van der Waals surface area contributed by atoms with Crippen molar-refractivity contribution in [2.24, 2.45) is 0 Å². The second-order valence-electron chi connectivity index (χ2n) is 4.09. The summed E-state index contributed by atoms with van der Waals surface area (Å²) in [5, 5.41) is 3.91. The number of nitrogens with zero attached hydrogens (tertiary/aromatic N) is 2. The van der Waals surface area contributed by atoms with Crippen LogP contribution in [0.2, 0.25) is 0 Å². The topological polar surface area (TPSA) is 44.1 Å². The molecule has 1 aromatic carbocycles. The van der Waals surface area contributed by atoms with E-state index in [2.05, 4.69) is 9.84 Å². The Labute approximate surface area is 112 Å². The van der Waals surface area contributed by atoms with Gasteiger partial charge in [0.1, 0.15) is 5.82 Å². The molecule has 4 nitrogen and oxygen atoms in total. The van der Waals surface area contributed by atoms with Crippen LogP contribution in [0.4, 0.5) is 13.2 Å². The first kappa shape index (κ1) is 14.1. The predicted molar refractivity (Wildman–Crippen MR) is 64.2 cm³/mol. The van der Waals surface area contributed by atoms with Crippen LogP contribution in [0.3, 0.4) is 0 Å². The van der Waals surface area contributed by atoms with Crippen molar-refractivity contribution in [1.82, 2.24) is 9.78 Å². The Morgan fingerprint density at radius 2 is 2.15 bits per heavy atom. The fraction of sp³-hybridized carbons (Fsp3) is 0.231. The third-order valence-electron chi connectivity index (χ3n) is 2.63. The van der Waals surface area contributed by atoms with Crippen LogP contribution in [-0.2, 0) is 16.0 Å². The summed E-state index contributed by atoms with van der Waals surface area (Å²) in [4.78, 5) is 11.1. The highest BCUT2D eigenvalue weighted by atomic mass is 19.3. The maximum absolute atomic E-state index is 13.3. The molecule has 0 amide bonds. The molecule has 20 heavy (non-hydrogen) atoms. The maximum atomic E-state index is 13.3. The van der Waals surface area contributed by atoms with E-state index in [0.29, 0.717) is 5.56 Å². The van der Waals surface area contributed by atoms with Crippen LogP contribution < -0.4 is 0 Å². The van der Waals surface area contributed by atoms with Gasteiger partial charge in [0.15, 0.2) is 0 Å². The Kier molecular flexibility index (Phi) is 4.07. The number of hydrogen-bond acceptors (Lipinski definition) is 3. The van der Waals surface area contributed by atoms with Gasteiger partial charge in [-0.2, -0.15) is 5.10 Å². The highest BCUT2D eigenvalue weighted by Gasteiger charge is 2.12. The van der Waals surface area contributed by atoms with Crippen LogP contribution in [0.25, 0.3) is 5.69 Å². The van der Waals surface area contributed by atoms with Crippen molar-refractivity contribution in [3.05, 3.63) is 47.5 Å². The van der Waals surface area contributed by atoms with E-state index < -0.39 is 23.8 Å². The number of esters is 1. The van der Waals surface area contributed by atoms with E-state index in [0.717, 1.165) is 18.2 Å². The molecule has 0 spiro atoms. The molecule has 0 fully saturated rings. The van der Waals surface area contributed by atoms with Gasteiger partial charge < -0.3 is 4.74 Å². The molecule has 0 aliphatic carbocycles. The molecule has 2 rings (SSSR count). The lowest BCUT2D eigenvalue weighted by molar-refractivity contribution is -0.139. The van der Waals surface area contributed by atoms with E-state index in [9.17, 15) is 18.0 Å². The highest BCUT2D eigenvalue weighted by molar-refractivity contribution is 5.72. The maximum Gasteiger partial charge on any atom is 0.310 e. The van der Waals surface area contributed by atoms with E-state index in [1.807, 2.05) is 0 Å². The summed E-state index contributed by atoms with van der Waals surface area (Å²) in [6.07, 6.45) is 0.0905. The average molecular weight is 284 g/mol. The molecule has 0 bridgehead atoms. The van der Waals surface area contributed by atoms with Gasteiger partial charge in [-0.15, -0.1) is 0 Å². The van der Waals surface area contributed by atoms with Crippen molar-refractivity contribution in [3.63, 3.8) is 0 Å². The number of benzene rings is 1. The third-order valence-corrected chi connectivity index (χ3v) is 2.63. The highest BCUT2D eigenvalue weighted by Crippen LogP contribution is 2.23. The SMILES string of the molecule is COC(=O)Cc1cnn(-c2cc(F)cc(C(F)F)c2)c1. The smallest absolute Gasteiger partial charge is 0.310 e. The Morgan fingerprint density at radius 1 is 1.40 bits per heavy atom. The number of alkyl halides is 2. The molecule has 1 heterocycles. The molecule has 0 aliphatic heterocycles. The van der Waals surface area contributed by atoms with Crippen molar-refractivity contribution in [1.29, 1.82) is 0 Å². The van der Waals surface area contributed by atoms with Crippen molar-refractivity contribution < 1.29 is 22.7 Å². The van der Waals surface area contributed by atoms with E-state index in [1.54, 1.807) is 0 Å². The average Bonchev–Trinajstić information content (AvgIpc) is 2.86. The Balaban J connectivity index is 2.30. The Hall–Kier alpha value is -2.31. The van der Waals surface area contributed by atoms with Crippen LogP contribution >= 0.6 is 0 Å². The van der Waals surface area contributed by atoms with Crippen molar-refractivity contribution >= 4 is 5.97 Å². The number of ether oxygens (including phenoxy) is 1. The molecule has 0 N–H and O–H groups in total. The van der Waals surface area contributed by atoms with E-state index in [-0.39, 0.29) is 12.1 Å². The molecule has 0 atom stereocenters. The molecule has 1 aromatic heterocycles. The lowest BCUT2D eigenvalue weighted by Crippen LogP contribution is -2.03. The van der Waals surface area contributed by atoms with E-state index >= 15 is 0 Å². The minimum Gasteiger partial charge on any atom is -0.469 e. The molecule has 106 valence electrons. The van der Waals surface area contributed by atoms with Gasteiger partial charge in [0.2, 0.25) is 0 Å². The number of aromatic nitrogens is 2. The second kappa shape index (κ2) is 5.77. The Bertz CT molecular complexity index is 626. The molecular formula is C13H11F3N2O2. The normalized spacial score (nSPS) is 10.8. The van der Waals surface area contributed by atoms with Gasteiger partial charge in [-0.05, 0) is 18.2 Å². The van der Waals surface area contributed by atoms with Crippen LogP contribution in [0, 0.1) is 5.82 Å². The fourth-order valence-corrected chi connectivity index (χ4v) is 1.69. The first-order valence-electron chi connectivity index (χ1n) is 5.69. The van der Waals surface area contributed by atoms with E-state index in [1.165, 1.54) is 24.2 Å². The number of halogens is 3.